The zero-order valence-electron chi connectivity index (χ0n) is 19.1. The summed E-state index contributed by atoms with van der Waals surface area (Å²) < 4.78 is 1.49. The summed E-state index contributed by atoms with van der Waals surface area (Å²) >= 11 is 12.8. The van der Waals surface area contributed by atoms with E-state index in [9.17, 15) is 9.59 Å². The second-order valence-electron chi connectivity index (χ2n) is 8.47. The molecule has 0 spiro atoms. The van der Waals surface area contributed by atoms with Gasteiger partial charge in [0.15, 0.2) is 0 Å². The van der Waals surface area contributed by atoms with Crippen LogP contribution in [0.1, 0.15) is 29.7 Å². The lowest BCUT2D eigenvalue weighted by atomic mass is 9.78. The number of H-pyrrole nitrogens is 1. The van der Waals surface area contributed by atoms with E-state index in [1.165, 1.54) is 9.69 Å². The second-order valence-corrected chi connectivity index (χ2v) is 9.32. The number of aromatic nitrogens is 2. The van der Waals surface area contributed by atoms with Crippen LogP contribution in [0.15, 0.2) is 88.8 Å². The first-order chi connectivity index (χ1) is 16.9. The molecule has 3 aromatic carbocycles. The number of hydrogen-bond donors (Lipinski definition) is 1. The fraction of sp³-hybridized carbons (Fsp3) is 0.148. The van der Waals surface area contributed by atoms with Crippen LogP contribution in [-0.2, 0) is 4.79 Å². The zero-order chi connectivity index (χ0) is 24.7. The molecular formula is C27H22Cl2N4O2. The lowest BCUT2D eigenvalue weighted by Crippen LogP contribution is -2.34. The van der Waals surface area contributed by atoms with Crippen LogP contribution in [0.4, 0.5) is 5.69 Å². The van der Waals surface area contributed by atoms with E-state index < -0.39 is 11.8 Å². The van der Waals surface area contributed by atoms with Crippen LogP contribution in [0.5, 0.6) is 0 Å². The maximum absolute atomic E-state index is 13.8. The van der Waals surface area contributed by atoms with E-state index in [1.807, 2.05) is 67.6 Å². The minimum absolute atomic E-state index is 0.226. The van der Waals surface area contributed by atoms with Crippen molar-refractivity contribution in [2.45, 2.75) is 19.8 Å². The quantitative estimate of drug-likeness (QED) is 0.364. The smallest absolute Gasteiger partial charge is 0.275 e. The van der Waals surface area contributed by atoms with Gasteiger partial charge in [-0.2, -0.15) is 5.10 Å². The number of carbonyl (C=O) groups excluding carboxylic acids is 1. The number of halogens is 2. The summed E-state index contributed by atoms with van der Waals surface area (Å²) in [5, 5.41) is 10.0. The Kier molecular flexibility index (Phi) is 6.09. The van der Waals surface area contributed by atoms with E-state index in [2.05, 4.69) is 10.2 Å². The molecule has 1 aliphatic heterocycles. The Morgan fingerprint density at radius 2 is 1.51 bits per heavy atom. The summed E-state index contributed by atoms with van der Waals surface area (Å²) in [7, 11) is 0. The first kappa shape index (κ1) is 23.1. The molecule has 0 saturated heterocycles. The zero-order valence-corrected chi connectivity index (χ0v) is 20.6. The SMILES string of the molecule is CC1=NN(c2ccccc2)C(=O)[C@H]1[C@@H](c1ccc(Cl)cc1Cl)c1c(C)[nH]n(-c2ccccc2)c1=O. The van der Waals surface area contributed by atoms with Crippen LogP contribution >= 0.6 is 23.2 Å². The van der Waals surface area contributed by atoms with Gasteiger partial charge in [-0.1, -0.05) is 65.7 Å². The third kappa shape index (κ3) is 4.09. The standard InChI is InChI=1S/C27H22Cl2N4O2/c1-16-23(26(34)32(30-16)19-9-5-3-6-10-19)25(21-14-13-18(28)15-22(21)29)24-17(2)31-33(27(24)35)20-11-7-4-8-12-20/h3-15,23,25,31H,1-2H3/t23-,25-/m1/s1. The number of hydrazone groups is 1. The Morgan fingerprint density at radius 1 is 0.886 bits per heavy atom. The highest BCUT2D eigenvalue weighted by Gasteiger charge is 2.44. The largest absolute Gasteiger partial charge is 0.295 e. The Balaban J connectivity index is 1.70. The van der Waals surface area contributed by atoms with Crippen LogP contribution in [0.3, 0.4) is 0 Å². The molecule has 176 valence electrons. The number of aryl methyl sites for hydroxylation is 1. The van der Waals surface area contributed by atoms with E-state index in [-0.39, 0.29) is 11.5 Å². The molecule has 0 aliphatic carbocycles. The molecule has 0 radical (unpaired) electrons. The van der Waals surface area contributed by atoms with Gasteiger partial charge in [-0.15, -0.1) is 0 Å². The monoisotopic (exact) mass is 504 g/mol. The predicted molar refractivity (Wildman–Crippen MR) is 140 cm³/mol. The Morgan fingerprint density at radius 3 is 2.14 bits per heavy atom. The van der Waals surface area contributed by atoms with Gasteiger partial charge in [0.2, 0.25) is 0 Å². The topological polar surface area (TPSA) is 70.5 Å². The maximum Gasteiger partial charge on any atom is 0.275 e. The highest BCUT2D eigenvalue weighted by Crippen LogP contribution is 2.41. The molecule has 6 nitrogen and oxygen atoms in total. The van der Waals surface area contributed by atoms with E-state index >= 15 is 0 Å². The third-order valence-electron chi connectivity index (χ3n) is 6.26. The molecule has 1 N–H and O–H groups in total. The molecule has 1 aromatic heterocycles. The lowest BCUT2D eigenvalue weighted by Gasteiger charge is -2.24. The van der Waals surface area contributed by atoms with Crippen LogP contribution in [0.25, 0.3) is 5.69 Å². The molecule has 1 aliphatic rings. The summed E-state index contributed by atoms with van der Waals surface area (Å²) in [6.45, 7) is 3.63. The summed E-state index contributed by atoms with van der Waals surface area (Å²) in [6, 6.07) is 23.6. The van der Waals surface area contributed by atoms with Crippen molar-refractivity contribution >= 4 is 40.5 Å². The normalized spacial score (nSPS) is 16.5. The van der Waals surface area contributed by atoms with Gasteiger partial charge >= 0.3 is 0 Å². The highest BCUT2D eigenvalue weighted by atomic mass is 35.5. The van der Waals surface area contributed by atoms with Crippen molar-refractivity contribution < 1.29 is 4.79 Å². The Hall–Kier alpha value is -3.61. The first-order valence-corrected chi connectivity index (χ1v) is 11.9. The van der Waals surface area contributed by atoms with Crippen molar-refractivity contribution in [3.63, 3.8) is 0 Å². The summed E-state index contributed by atoms with van der Waals surface area (Å²) in [6.07, 6.45) is 0. The van der Waals surface area contributed by atoms with E-state index in [0.717, 1.165) is 0 Å². The lowest BCUT2D eigenvalue weighted by molar-refractivity contribution is -0.120. The summed E-state index contributed by atoms with van der Waals surface area (Å²) in [5.41, 5.74) is 3.45. The number of amides is 1. The predicted octanol–water partition coefficient (Wildman–Crippen LogP) is 5.95. The van der Waals surface area contributed by atoms with Crippen LogP contribution in [0, 0.1) is 12.8 Å². The van der Waals surface area contributed by atoms with Gasteiger partial charge in [0, 0.05) is 32.9 Å². The fourth-order valence-electron chi connectivity index (χ4n) is 4.66. The molecular weight excluding hydrogens is 483 g/mol. The molecule has 8 heteroatoms. The average molecular weight is 505 g/mol. The van der Waals surface area contributed by atoms with Gasteiger partial charge in [0.25, 0.3) is 11.5 Å². The summed E-state index contributed by atoms with van der Waals surface area (Å²) in [4.78, 5) is 27.6. The molecule has 0 bridgehead atoms. The molecule has 5 rings (SSSR count). The van der Waals surface area contributed by atoms with E-state index in [4.69, 9.17) is 23.2 Å². The van der Waals surface area contributed by atoms with Crippen molar-refractivity contribution in [3.05, 3.63) is 116 Å². The molecule has 35 heavy (non-hydrogen) atoms. The first-order valence-electron chi connectivity index (χ1n) is 11.1. The van der Waals surface area contributed by atoms with E-state index in [1.54, 1.807) is 25.1 Å². The van der Waals surface area contributed by atoms with Crippen molar-refractivity contribution in [1.82, 2.24) is 9.78 Å². The number of nitrogens with one attached hydrogen (secondary N) is 1. The molecule has 4 aromatic rings. The Labute approximate surface area is 212 Å². The molecule has 2 atom stereocenters. The number of para-hydroxylation sites is 2. The minimum atomic E-state index is -0.722. The van der Waals surface area contributed by atoms with Gasteiger partial charge in [0.05, 0.1) is 17.3 Å². The number of nitrogens with zero attached hydrogens (tertiary/aromatic N) is 3. The second kappa shape index (κ2) is 9.21. The third-order valence-corrected chi connectivity index (χ3v) is 6.82. The number of aromatic amines is 1. The maximum atomic E-state index is 13.8. The van der Waals surface area contributed by atoms with Gasteiger partial charge in [-0.3, -0.25) is 14.7 Å². The van der Waals surface area contributed by atoms with Crippen LogP contribution in [-0.4, -0.2) is 21.4 Å². The molecule has 0 unspecified atom stereocenters. The van der Waals surface area contributed by atoms with Gasteiger partial charge < -0.3 is 0 Å². The van der Waals surface area contributed by atoms with Gasteiger partial charge in [0.1, 0.15) is 0 Å². The van der Waals surface area contributed by atoms with E-state index in [0.29, 0.717) is 44.0 Å². The van der Waals surface area contributed by atoms with Crippen LogP contribution in [0.2, 0.25) is 10.0 Å². The number of carbonyl (C=O) groups is 1. The van der Waals surface area contributed by atoms with Gasteiger partial charge in [-0.25, -0.2) is 9.69 Å². The van der Waals surface area contributed by atoms with Crippen molar-refractivity contribution in [2.24, 2.45) is 11.0 Å². The molecule has 0 saturated carbocycles. The van der Waals surface area contributed by atoms with Crippen molar-refractivity contribution in [1.29, 1.82) is 0 Å². The number of rotatable bonds is 5. The Bertz CT molecular complexity index is 1490. The van der Waals surface area contributed by atoms with Gasteiger partial charge in [-0.05, 0) is 55.8 Å². The highest BCUT2D eigenvalue weighted by molar-refractivity contribution is 6.35. The molecule has 2 heterocycles. The number of anilines is 1. The molecule has 1 amide bonds. The number of benzene rings is 3. The number of hydrogen-bond acceptors (Lipinski definition) is 3. The van der Waals surface area contributed by atoms with Crippen molar-refractivity contribution in [3.8, 4) is 5.69 Å². The molecule has 0 fully saturated rings. The van der Waals surface area contributed by atoms with Crippen molar-refractivity contribution in [2.75, 3.05) is 5.01 Å². The average Bonchev–Trinajstić information content (AvgIpc) is 3.32. The summed E-state index contributed by atoms with van der Waals surface area (Å²) in [5.74, 6) is -1.62. The van der Waals surface area contributed by atoms with Crippen LogP contribution < -0.4 is 10.6 Å². The fourth-order valence-corrected chi connectivity index (χ4v) is 5.18. The minimum Gasteiger partial charge on any atom is -0.295 e.